The van der Waals surface area contributed by atoms with Crippen LogP contribution in [-0.4, -0.2) is 6.43 Å². The molecule has 0 aromatic heterocycles. The molecule has 0 bridgehead atoms. The number of nitriles is 1. The molecule has 0 saturated carbocycles. The number of rotatable bonds is 1. The number of allylic oxidation sites excluding steroid dienone is 2. The van der Waals surface area contributed by atoms with Gasteiger partial charge in [-0.2, -0.15) is 5.26 Å². The number of alkyl halides is 2. The van der Waals surface area contributed by atoms with Crippen LogP contribution in [0.25, 0.3) is 0 Å². The van der Waals surface area contributed by atoms with Crippen LogP contribution in [-0.2, 0) is 0 Å². The van der Waals surface area contributed by atoms with E-state index < -0.39 is 6.43 Å². The molecule has 0 aromatic carbocycles. The summed E-state index contributed by atoms with van der Waals surface area (Å²) in [6, 6.07) is 1.51. The molecule has 0 radical (unpaired) electrons. The first-order chi connectivity index (χ1) is 3.68. The maximum Gasteiger partial charge on any atom is 0.260 e. The third-order valence-corrected chi connectivity index (χ3v) is 0.636. The number of nitrogens with zero attached hydrogens (tertiary/aromatic N) is 1. The van der Waals surface area contributed by atoms with E-state index in [1.165, 1.54) is 13.0 Å². The fraction of sp³-hybridized carbons (Fsp3) is 0.400. The Morgan fingerprint density at radius 1 is 1.75 bits per heavy atom. The predicted octanol–water partition coefficient (Wildman–Crippen LogP) is 1.72. The lowest BCUT2D eigenvalue weighted by atomic mass is 10.3. The van der Waals surface area contributed by atoms with Crippen LogP contribution in [0.15, 0.2) is 11.6 Å². The highest BCUT2D eigenvalue weighted by atomic mass is 19.3. The van der Waals surface area contributed by atoms with Crippen LogP contribution in [0.1, 0.15) is 6.92 Å². The van der Waals surface area contributed by atoms with Gasteiger partial charge in [-0.3, -0.25) is 0 Å². The Balaban J connectivity index is 3.85. The van der Waals surface area contributed by atoms with E-state index in [0.717, 1.165) is 6.08 Å². The zero-order chi connectivity index (χ0) is 6.57. The normalized spacial score (nSPS) is 11.6. The molecular weight excluding hydrogens is 112 g/mol. The minimum Gasteiger partial charge on any atom is -0.205 e. The molecule has 0 heterocycles. The first kappa shape index (κ1) is 7.09. The Morgan fingerprint density at radius 3 is 2.38 bits per heavy atom. The molecule has 44 valence electrons. The van der Waals surface area contributed by atoms with Crippen molar-refractivity contribution >= 4 is 0 Å². The van der Waals surface area contributed by atoms with E-state index >= 15 is 0 Å². The molecule has 0 aliphatic carbocycles. The van der Waals surface area contributed by atoms with E-state index in [9.17, 15) is 8.78 Å². The lowest BCUT2D eigenvalue weighted by Crippen LogP contribution is -1.89. The SMILES string of the molecule is C/C(=C\C#N)C(F)F. The third-order valence-electron chi connectivity index (χ3n) is 0.636. The van der Waals surface area contributed by atoms with Crippen LogP contribution >= 0.6 is 0 Å². The molecule has 8 heavy (non-hydrogen) atoms. The molecule has 1 nitrogen and oxygen atoms in total. The third kappa shape index (κ3) is 2.30. The van der Waals surface area contributed by atoms with Gasteiger partial charge in [-0.15, -0.1) is 0 Å². The minimum atomic E-state index is -2.49. The lowest BCUT2D eigenvalue weighted by molar-refractivity contribution is 0.190. The molecule has 0 rings (SSSR count). The van der Waals surface area contributed by atoms with Crippen molar-refractivity contribution in [1.82, 2.24) is 0 Å². The summed E-state index contributed by atoms with van der Waals surface area (Å²) in [5.41, 5.74) is -0.187. The molecule has 0 aromatic rings. The maximum atomic E-state index is 11.4. The van der Waals surface area contributed by atoms with Gasteiger partial charge in [0.2, 0.25) is 0 Å². The highest BCUT2D eigenvalue weighted by Crippen LogP contribution is 2.04. The van der Waals surface area contributed by atoms with Gasteiger partial charge in [0.05, 0.1) is 6.07 Å². The molecule has 0 spiro atoms. The Hall–Kier alpha value is -0.910. The van der Waals surface area contributed by atoms with Crippen molar-refractivity contribution < 1.29 is 8.78 Å². The minimum absolute atomic E-state index is 0.187. The Bertz CT molecular complexity index is 132. The zero-order valence-corrected chi connectivity index (χ0v) is 4.36. The van der Waals surface area contributed by atoms with Gasteiger partial charge in [0.1, 0.15) is 0 Å². The second-order valence-corrected chi connectivity index (χ2v) is 1.32. The number of hydrogen-bond acceptors (Lipinski definition) is 1. The van der Waals surface area contributed by atoms with Gasteiger partial charge in [-0.1, -0.05) is 0 Å². The van der Waals surface area contributed by atoms with Crippen LogP contribution in [0, 0.1) is 11.3 Å². The summed E-state index contributed by atoms with van der Waals surface area (Å²) in [6.07, 6.45) is -1.65. The molecular formula is C5H5F2N. The lowest BCUT2D eigenvalue weighted by Gasteiger charge is -1.91. The molecule has 0 N–H and O–H groups in total. The standard InChI is InChI=1S/C5H5F2N/c1-4(2-3-8)5(6)7/h2,5H,1H3/b4-2+. The first-order valence-corrected chi connectivity index (χ1v) is 2.03. The topological polar surface area (TPSA) is 23.8 Å². The second-order valence-electron chi connectivity index (χ2n) is 1.32. The molecule has 0 fully saturated rings. The van der Waals surface area contributed by atoms with E-state index in [0.29, 0.717) is 0 Å². The predicted molar refractivity (Wildman–Crippen MR) is 25.4 cm³/mol. The van der Waals surface area contributed by atoms with Crippen LogP contribution in [0.3, 0.4) is 0 Å². The summed E-state index contributed by atoms with van der Waals surface area (Å²) in [5.74, 6) is 0. The highest BCUT2D eigenvalue weighted by Gasteiger charge is 2.02. The van der Waals surface area contributed by atoms with Crippen LogP contribution in [0.4, 0.5) is 8.78 Å². The average molecular weight is 117 g/mol. The Kier molecular flexibility index (Phi) is 2.78. The molecule has 0 aliphatic rings. The first-order valence-electron chi connectivity index (χ1n) is 2.03. The van der Waals surface area contributed by atoms with E-state index in [1.54, 1.807) is 0 Å². The van der Waals surface area contributed by atoms with Gasteiger partial charge in [0, 0.05) is 11.6 Å². The van der Waals surface area contributed by atoms with Gasteiger partial charge in [0.15, 0.2) is 0 Å². The van der Waals surface area contributed by atoms with E-state index in [4.69, 9.17) is 5.26 Å². The number of hydrogen-bond donors (Lipinski definition) is 0. The summed E-state index contributed by atoms with van der Waals surface area (Å²) >= 11 is 0. The zero-order valence-electron chi connectivity index (χ0n) is 4.36. The van der Waals surface area contributed by atoms with Crippen LogP contribution in [0.2, 0.25) is 0 Å². The van der Waals surface area contributed by atoms with E-state index in [2.05, 4.69) is 0 Å². The van der Waals surface area contributed by atoms with E-state index in [-0.39, 0.29) is 5.57 Å². The molecule has 0 amide bonds. The van der Waals surface area contributed by atoms with Gasteiger partial charge in [-0.25, -0.2) is 8.78 Å². The van der Waals surface area contributed by atoms with Gasteiger partial charge < -0.3 is 0 Å². The summed E-state index contributed by atoms with van der Waals surface area (Å²) in [5, 5.41) is 7.83. The van der Waals surface area contributed by atoms with Crippen molar-refractivity contribution in [2.24, 2.45) is 0 Å². The number of halogens is 2. The fourth-order valence-corrected chi connectivity index (χ4v) is 0.165. The largest absolute Gasteiger partial charge is 0.260 e. The van der Waals surface area contributed by atoms with Crippen molar-refractivity contribution in [1.29, 1.82) is 5.26 Å². The molecule has 0 unspecified atom stereocenters. The van der Waals surface area contributed by atoms with E-state index in [1.807, 2.05) is 0 Å². The van der Waals surface area contributed by atoms with Gasteiger partial charge in [-0.05, 0) is 6.92 Å². The Labute approximate surface area is 46.2 Å². The molecule has 0 saturated heterocycles. The Morgan fingerprint density at radius 2 is 2.25 bits per heavy atom. The fourth-order valence-electron chi connectivity index (χ4n) is 0.165. The van der Waals surface area contributed by atoms with Gasteiger partial charge in [0.25, 0.3) is 6.43 Å². The quantitative estimate of drug-likeness (QED) is 0.480. The molecule has 0 aliphatic heterocycles. The molecule has 0 atom stereocenters. The average Bonchev–Trinajstić information content (AvgIpc) is 1.67. The summed E-state index contributed by atoms with van der Waals surface area (Å²) in [4.78, 5) is 0. The second kappa shape index (κ2) is 3.14. The molecule has 3 heteroatoms. The van der Waals surface area contributed by atoms with Crippen molar-refractivity contribution in [3.05, 3.63) is 11.6 Å². The highest BCUT2D eigenvalue weighted by molar-refractivity contribution is 5.12. The van der Waals surface area contributed by atoms with Crippen molar-refractivity contribution in [2.75, 3.05) is 0 Å². The van der Waals surface area contributed by atoms with Crippen molar-refractivity contribution in [2.45, 2.75) is 13.3 Å². The summed E-state index contributed by atoms with van der Waals surface area (Å²) in [6.45, 7) is 1.22. The maximum absolute atomic E-state index is 11.4. The smallest absolute Gasteiger partial charge is 0.205 e. The monoisotopic (exact) mass is 117 g/mol. The summed E-state index contributed by atoms with van der Waals surface area (Å²) in [7, 11) is 0. The van der Waals surface area contributed by atoms with Crippen LogP contribution < -0.4 is 0 Å². The van der Waals surface area contributed by atoms with Crippen LogP contribution in [0.5, 0.6) is 0 Å². The van der Waals surface area contributed by atoms with Gasteiger partial charge >= 0.3 is 0 Å². The van der Waals surface area contributed by atoms with Crippen molar-refractivity contribution in [3.8, 4) is 6.07 Å². The summed E-state index contributed by atoms with van der Waals surface area (Å²) < 4.78 is 22.8. The van der Waals surface area contributed by atoms with Crippen molar-refractivity contribution in [3.63, 3.8) is 0 Å².